The lowest BCUT2D eigenvalue weighted by atomic mass is 10.1. The van der Waals surface area contributed by atoms with Gasteiger partial charge < -0.3 is 9.64 Å². The van der Waals surface area contributed by atoms with Crippen molar-refractivity contribution in [3.05, 3.63) is 46.3 Å². The first kappa shape index (κ1) is 19.3. The SMILES string of the molecule is Cc1cc(C)c(S(=O)(=O)N2CCc3cnc(N4CCOCC4)nc3C2)cc1C. The Labute approximate surface area is 166 Å². The Morgan fingerprint density at radius 2 is 1.71 bits per heavy atom. The molecule has 150 valence electrons. The molecule has 4 rings (SSSR count). The van der Waals surface area contributed by atoms with Crippen molar-refractivity contribution in [1.82, 2.24) is 14.3 Å². The highest BCUT2D eigenvalue weighted by molar-refractivity contribution is 7.89. The second kappa shape index (κ2) is 7.42. The summed E-state index contributed by atoms with van der Waals surface area (Å²) in [6, 6.07) is 3.73. The highest BCUT2D eigenvalue weighted by Crippen LogP contribution is 2.28. The van der Waals surface area contributed by atoms with Crippen LogP contribution in [0.15, 0.2) is 23.2 Å². The van der Waals surface area contributed by atoms with Gasteiger partial charge in [0, 0.05) is 25.8 Å². The Morgan fingerprint density at radius 1 is 1.00 bits per heavy atom. The second-order valence-corrected chi connectivity index (χ2v) is 9.44. The summed E-state index contributed by atoms with van der Waals surface area (Å²) < 4.78 is 33.6. The first-order chi connectivity index (χ1) is 13.4. The zero-order chi connectivity index (χ0) is 19.9. The van der Waals surface area contributed by atoms with Gasteiger partial charge in [-0.15, -0.1) is 0 Å². The van der Waals surface area contributed by atoms with Crippen LogP contribution in [0.25, 0.3) is 0 Å². The third kappa shape index (κ3) is 3.52. The molecule has 0 spiro atoms. The van der Waals surface area contributed by atoms with Crippen LogP contribution in [0.4, 0.5) is 5.95 Å². The van der Waals surface area contributed by atoms with Gasteiger partial charge >= 0.3 is 0 Å². The van der Waals surface area contributed by atoms with E-state index in [-0.39, 0.29) is 6.54 Å². The highest BCUT2D eigenvalue weighted by atomic mass is 32.2. The molecule has 3 heterocycles. The highest BCUT2D eigenvalue weighted by Gasteiger charge is 2.31. The number of ether oxygens (including phenoxy) is 1. The van der Waals surface area contributed by atoms with E-state index >= 15 is 0 Å². The molecule has 0 radical (unpaired) electrons. The van der Waals surface area contributed by atoms with Crippen molar-refractivity contribution in [2.24, 2.45) is 0 Å². The number of benzene rings is 1. The number of hydrogen-bond acceptors (Lipinski definition) is 6. The number of hydrogen-bond donors (Lipinski definition) is 0. The number of anilines is 1. The molecule has 0 unspecified atom stereocenters. The minimum Gasteiger partial charge on any atom is -0.378 e. The molecular weight excluding hydrogens is 376 g/mol. The molecule has 0 amide bonds. The van der Waals surface area contributed by atoms with Gasteiger partial charge in [0.15, 0.2) is 0 Å². The number of fused-ring (bicyclic) bond motifs is 1. The zero-order valence-corrected chi connectivity index (χ0v) is 17.4. The molecule has 1 aromatic carbocycles. The Morgan fingerprint density at radius 3 is 2.46 bits per heavy atom. The Bertz CT molecular complexity index is 1000. The van der Waals surface area contributed by atoms with Crippen LogP contribution >= 0.6 is 0 Å². The fraction of sp³-hybridized carbons (Fsp3) is 0.500. The molecular formula is C20H26N4O3S. The maximum Gasteiger partial charge on any atom is 0.243 e. The summed E-state index contributed by atoms with van der Waals surface area (Å²) in [5.74, 6) is 0.656. The quantitative estimate of drug-likeness (QED) is 0.782. The predicted molar refractivity (Wildman–Crippen MR) is 107 cm³/mol. The predicted octanol–water partition coefficient (Wildman–Crippen LogP) is 1.99. The minimum absolute atomic E-state index is 0.282. The van der Waals surface area contributed by atoms with E-state index in [1.807, 2.05) is 33.0 Å². The van der Waals surface area contributed by atoms with Gasteiger partial charge in [0.25, 0.3) is 0 Å². The van der Waals surface area contributed by atoms with Crippen LogP contribution in [-0.2, 0) is 27.7 Å². The third-order valence-corrected chi connectivity index (χ3v) is 7.59. The normalized spacial score (nSPS) is 18.2. The lowest BCUT2D eigenvalue weighted by molar-refractivity contribution is 0.122. The molecule has 0 bridgehead atoms. The van der Waals surface area contributed by atoms with E-state index in [1.54, 1.807) is 10.4 Å². The van der Waals surface area contributed by atoms with Crippen molar-refractivity contribution in [2.75, 3.05) is 37.7 Å². The molecule has 0 atom stereocenters. The number of sulfonamides is 1. The molecule has 0 saturated carbocycles. The molecule has 1 saturated heterocycles. The largest absolute Gasteiger partial charge is 0.378 e. The van der Waals surface area contributed by atoms with Gasteiger partial charge in [0.1, 0.15) is 0 Å². The van der Waals surface area contributed by atoms with E-state index in [0.29, 0.717) is 37.0 Å². The smallest absolute Gasteiger partial charge is 0.243 e. The van der Waals surface area contributed by atoms with Gasteiger partial charge in [-0.1, -0.05) is 6.07 Å². The van der Waals surface area contributed by atoms with E-state index in [2.05, 4.69) is 9.88 Å². The average Bonchev–Trinajstić information content (AvgIpc) is 2.70. The van der Waals surface area contributed by atoms with E-state index in [4.69, 9.17) is 9.72 Å². The van der Waals surface area contributed by atoms with Crippen LogP contribution in [0.1, 0.15) is 27.9 Å². The van der Waals surface area contributed by atoms with Crippen LogP contribution in [0.2, 0.25) is 0 Å². The van der Waals surface area contributed by atoms with Crippen LogP contribution < -0.4 is 4.90 Å². The van der Waals surface area contributed by atoms with Crippen LogP contribution in [0, 0.1) is 20.8 Å². The van der Waals surface area contributed by atoms with Gasteiger partial charge in [-0.2, -0.15) is 4.31 Å². The number of aromatic nitrogens is 2. The van der Waals surface area contributed by atoms with E-state index in [1.165, 1.54) is 0 Å². The van der Waals surface area contributed by atoms with Crippen LogP contribution in [-0.4, -0.2) is 55.5 Å². The van der Waals surface area contributed by atoms with Crippen LogP contribution in [0.3, 0.4) is 0 Å². The number of nitrogens with zero attached hydrogens (tertiary/aromatic N) is 4. The molecule has 0 N–H and O–H groups in total. The standard InChI is InChI=1S/C20H26N4O3S/c1-14-10-16(3)19(11-15(14)2)28(25,26)24-5-4-17-12-21-20(22-18(17)13-24)23-6-8-27-9-7-23/h10-12H,4-9,13H2,1-3H3. The first-order valence-electron chi connectivity index (χ1n) is 9.62. The minimum atomic E-state index is -3.57. The van der Waals surface area contributed by atoms with Crippen molar-refractivity contribution >= 4 is 16.0 Å². The van der Waals surface area contributed by atoms with Crippen molar-refractivity contribution in [2.45, 2.75) is 38.6 Å². The maximum absolute atomic E-state index is 13.3. The topological polar surface area (TPSA) is 75.6 Å². The van der Waals surface area contributed by atoms with Gasteiger partial charge in [0.2, 0.25) is 16.0 Å². The fourth-order valence-electron chi connectivity index (χ4n) is 3.74. The van der Waals surface area contributed by atoms with Crippen LogP contribution in [0.5, 0.6) is 0 Å². The first-order valence-corrected chi connectivity index (χ1v) is 11.1. The summed E-state index contributed by atoms with van der Waals surface area (Å²) >= 11 is 0. The summed E-state index contributed by atoms with van der Waals surface area (Å²) in [6.45, 7) is 9.36. The van der Waals surface area contributed by atoms with Gasteiger partial charge in [0.05, 0.1) is 30.3 Å². The lowest BCUT2D eigenvalue weighted by Gasteiger charge is -2.30. The number of aryl methyl sites for hydroxylation is 3. The Hall–Kier alpha value is -2.03. The van der Waals surface area contributed by atoms with Gasteiger partial charge in [-0.05, 0) is 55.5 Å². The molecule has 2 aliphatic rings. The molecule has 1 fully saturated rings. The zero-order valence-electron chi connectivity index (χ0n) is 16.6. The average molecular weight is 403 g/mol. The van der Waals surface area contributed by atoms with E-state index in [0.717, 1.165) is 41.0 Å². The van der Waals surface area contributed by atoms with Crippen molar-refractivity contribution in [3.8, 4) is 0 Å². The molecule has 2 aliphatic heterocycles. The van der Waals surface area contributed by atoms with E-state index in [9.17, 15) is 8.42 Å². The summed E-state index contributed by atoms with van der Waals surface area (Å²) in [6.07, 6.45) is 2.47. The van der Waals surface area contributed by atoms with E-state index < -0.39 is 10.0 Å². The number of rotatable bonds is 3. The summed E-state index contributed by atoms with van der Waals surface area (Å²) in [7, 11) is -3.57. The molecule has 28 heavy (non-hydrogen) atoms. The van der Waals surface area contributed by atoms with Gasteiger partial charge in [-0.25, -0.2) is 18.4 Å². The Balaban J connectivity index is 1.63. The van der Waals surface area contributed by atoms with Crippen molar-refractivity contribution in [3.63, 3.8) is 0 Å². The fourth-order valence-corrected chi connectivity index (χ4v) is 5.43. The molecule has 1 aromatic heterocycles. The number of morpholine rings is 1. The summed E-state index contributed by atoms with van der Waals surface area (Å²) in [5.41, 5.74) is 4.69. The molecule has 0 aliphatic carbocycles. The van der Waals surface area contributed by atoms with Crippen molar-refractivity contribution < 1.29 is 13.2 Å². The lowest BCUT2D eigenvalue weighted by Crippen LogP contribution is -2.39. The molecule has 2 aromatic rings. The summed E-state index contributed by atoms with van der Waals surface area (Å²) in [4.78, 5) is 11.7. The monoisotopic (exact) mass is 402 g/mol. The second-order valence-electron chi connectivity index (χ2n) is 7.53. The van der Waals surface area contributed by atoms with Crippen molar-refractivity contribution in [1.29, 1.82) is 0 Å². The molecule has 7 nitrogen and oxygen atoms in total. The summed E-state index contributed by atoms with van der Waals surface area (Å²) in [5, 5.41) is 0. The third-order valence-electron chi connectivity index (χ3n) is 5.60. The maximum atomic E-state index is 13.3. The molecule has 8 heteroatoms. The Kier molecular flexibility index (Phi) is 5.11. The van der Waals surface area contributed by atoms with Gasteiger partial charge in [-0.3, -0.25) is 0 Å².